The van der Waals surface area contributed by atoms with Gasteiger partial charge in [-0.2, -0.15) is 0 Å². The van der Waals surface area contributed by atoms with E-state index in [4.69, 9.17) is 5.11 Å². The molecule has 0 saturated carbocycles. The molecule has 0 aromatic rings. The van der Waals surface area contributed by atoms with E-state index in [2.05, 4.69) is 4.90 Å². The van der Waals surface area contributed by atoms with Crippen LogP contribution in [-0.2, 0) is 4.79 Å². The summed E-state index contributed by atoms with van der Waals surface area (Å²) in [7, 11) is 0. The highest BCUT2D eigenvalue weighted by Gasteiger charge is 2.32. The topological polar surface area (TPSA) is 84.3 Å². The summed E-state index contributed by atoms with van der Waals surface area (Å²) in [6, 6.07) is 0.0448. The van der Waals surface area contributed by atoms with Crippen LogP contribution in [0, 0.1) is 0 Å². The van der Waals surface area contributed by atoms with Crippen molar-refractivity contribution < 1.29 is 19.8 Å². The molecule has 0 bridgehead atoms. The maximum Gasteiger partial charge on any atom is 0.320 e. The molecule has 7 nitrogen and oxygen atoms in total. The standard InChI is InChI=1S/C14H25N3O4/c1-14(21)3-6-16(7-4-14)13(20)17-10-8-15(9-11-17)5-2-12(18)19/h21H,2-11H2,1H3,(H,18,19). The van der Waals surface area contributed by atoms with Crippen molar-refractivity contribution in [1.29, 1.82) is 0 Å². The highest BCUT2D eigenvalue weighted by atomic mass is 16.4. The monoisotopic (exact) mass is 299 g/mol. The number of nitrogens with zero attached hydrogens (tertiary/aromatic N) is 3. The van der Waals surface area contributed by atoms with Gasteiger partial charge < -0.3 is 20.0 Å². The predicted octanol–water partition coefficient (Wildman–Crippen LogP) is 0.0455. The summed E-state index contributed by atoms with van der Waals surface area (Å²) in [4.78, 5) is 28.7. The Balaban J connectivity index is 1.74. The molecule has 120 valence electrons. The molecular formula is C14H25N3O4. The largest absolute Gasteiger partial charge is 0.481 e. The van der Waals surface area contributed by atoms with Gasteiger partial charge in [0.05, 0.1) is 12.0 Å². The normalized spacial score (nSPS) is 23.1. The van der Waals surface area contributed by atoms with Gasteiger partial charge in [-0.1, -0.05) is 0 Å². The van der Waals surface area contributed by atoms with Gasteiger partial charge in [-0.15, -0.1) is 0 Å². The van der Waals surface area contributed by atoms with Crippen molar-refractivity contribution in [3.63, 3.8) is 0 Å². The van der Waals surface area contributed by atoms with E-state index in [-0.39, 0.29) is 12.5 Å². The quantitative estimate of drug-likeness (QED) is 0.769. The van der Waals surface area contributed by atoms with Crippen molar-refractivity contribution in [1.82, 2.24) is 14.7 Å². The van der Waals surface area contributed by atoms with E-state index in [0.29, 0.717) is 45.6 Å². The first-order valence-corrected chi connectivity index (χ1v) is 7.58. The Bertz CT molecular complexity index is 382. The molecule has 0 atom stereocenters. The van der Waals surface area contributed by atoms with Crippen molar-refractivity contribution in [3.8, 4) is 0 Å². The first kappa shape index (κ1) is 16.0. The number of carboxylic acids is 1. The molecule has 2 rings (SSSR count). The zero-order chi connectivity index (χ0) is 15.5. The maximum atomic E-state index is 12.4. The van der Waals surface area contributed by atoms with E-state index in [0.717, 1.165) is 13.1 Å². The molecule has 2 heterocycles. The third-order valence-corrected chi connectivity index (χ3v) is 4.40. The second-order valence-corrected chi connectivity index (χ2v) is 6.24. The van der Waals surface area contributed by atoms with Crippen LogP contribution in [0.25, 0.3) is 0 Å². The van der Waals surface area contributed by atoms with E-state index in [9.17, 15) is 14.7 Å². The zero-order valence-electron chi connectivity index (χ0n) is 12.6. The van der Waals surface area contributed by atoms with Gasteiger partial charge in [0.1, 0.15) is 0 Å². The summed E-state index contributed by atoms with van der Waals surface area (Å²) in [5.41, 5.74) is -0.647. The van der Waals surface area contributed by atoms with Gasteiger partial charge in [-0.3, -0.25) is 9.69 Å². The first-order chi connectivity index (χ1) is 9.87. The Kier molecular flexibility index (Phi) is 5.05. The van der Waals surface area contributed by atoms with Crippen LogP contribution in [-0.4, -0.2) is 88.3 Å². The van der Waals surface area contributed by atoms with Crippen LogP contribution in [0.4, 0.5) is 4.79 Å². The van der Waals surface area contributed by atoms with Gasteiger partial charge in [0.2, 0.25) is 0 Å². The number of carbonyl (C=O) groups excluding carboxylic acids is 1. The number of aliphatic carboxylic acids is 1. The highest BCUT2D eigenvalue weighted by molar-refractivity contribution is 5.74. The average Bonchev–Trinajstić information content (AvgIpc) is 2.45. The molecule has 2 fully saturated rings. The highest BCUT2D eigenvalue weighted by Crippen LogP contribution is 2.22. The van der Waals surface area contributed by atoms with Crippen molar-refractivity contribution in [2.45, 2.75) is 31.8 Å². The smallest absolute Gasteiger partial charge is 0.320 e. The molecule has 2 amide bonds. The molecule has 0 aromatic carbocycles. The molecule has 0 aromatic heterocycles. The fourth-order valence-electron chi connectivity index (χ4n) is 2.80. The van der Waals surface area contributed by atoms with Crippen LogP contribution in [0.15, 0.2) is 0 Å². The predicted molar refractivity (Wildman–Crippen MR) is 77.1 cm³/mol. The van der Waals surface area contributed by atoms with Crippen LogP contribution < -0.4 is 0 Å². The minimum Gasteiger partial charge on any atom is -0.481 e. The lowest BCUT2D eigenvalue weighted by molar-refractivity contribution is -0.137. The zero-order valence-corrected chi connectivity index (χ0v) is 12.6. The van der Waals surface area contributed by atoms with Gasteiger partial charge in [0, 0.05) is 45.8 Å². The molecular weight excluding hydrogens is 274 g/mol. The molecule has 0 unspecified atom stereocenters. The number of urea groups is 1. The third kappa shape index (κ3) is 4.57. The molecule has 0 spiro atoms. The number of piperidine rings is 1. The van der Waals surface area contributed by atoms with E-state index in [1.807, 2.05) is 16.7 Å². The number of aliphatic hydroxyl groups is 1. The number of carbonyl (C=O) groups is 2. The second-order valence-electron chi connectivity index (χ2n) is 6.24. The van der Waals surface area contributed by atoms with E-state index < -0.39 is 11.6 Å². The van der Waals surface area contributed by atoms with Crippen LogP contribution in [0.5, 0.6) is 0 Å². The lowest BCUT2D eigenvalue weighted by atomic mass is 9.94. The number of amides is 2. The van der Waals surface area contributed by atoms with Gasteiger partial charge in [-0.05, 0) is 19.8 Å². The van der Waals surface area contributed by atoms with E-state index >= 15 is 0 Å². The average molecular weight is 299 g/mol. The number of carboxylic acid groups (broad SMARTS) is 1. The molecule has 2 N–H and O–H groups in total. The van der Waals surface area contributed by atoms with Gasteiger partial charge >= 0.3 is 12.0 Å². The number of rotatable bonds is 3. The van der Waals surface area contributed by atoms with E-state index in [1.165, 1.54) is 0 Å². The Hall–Kier alpha value is -1.34. The summed E-state index contributed by atoms with van der Waals surface area (Å²) in [5.74, 6) is -0.783. The van der Waals surface area contributed by atoms with Crippen molar-refractivity contribution in [3.05, 3.63) is 0 Å². The molecule has 0 aliphatic carbocycles. The van der Waals surface area contributed by atoms with Crippen molar-refractivity contribution in [2.75, 3.05) is 45.8 Å². The maximum absolute atomic E-state index is 12.4. The Morgan fingerprint density at radius 1 is 1.00 bits per heavy atom. The summed E-state index contributed by atoms with van der Waals surface area (Å²) in [5, 5.41) is 18.6. The Morgan fingerprint density at radius 3 is 2.05 bits per heavy atom. The Morgan fingerprint density at radius 2 is 1.52 bits per heavy atom. The second kappa shape index (κ2) is 6.62. The van der Waals surface area contributed by atoms with E-state index in [1.54, 1.807) is 0 Å². The summed E-state index contributed by atoms with van der Waals surface area (Å²) in [6.07, 6.45) is 1.39. The molecule has 2 saturated heterocycles. The number of piperazine rings is 1. The Labute approximate surface area is 125 Å². The van der Waals surface area contributed by atoms with Crippen LogP contribution >= 0.6 is 0 Å². The van der Waals surface area contributed by atoms with Crippen molar-refractivity contribution in [2.24, 2.45) is 0 Å². The summed E-state index contributed by atoms with van der Waals surface area (Å²) >= 11 is 0. The SMILES string of the molecule is CC1(O)CCN(C(=O)N2CCN(CCC(=O)O)CC2)CC1. The van der Waals surface area contributed by atoms with Gasteiger partial charge in [0.15, 0.2) is 0 Å². The van der Waals surface area contributed by atoms with Crippen LogP contribution in [0.1, 0.15) is 26.2 Å². The van der Waals surface area contributed by atoms with Crippen LogP contribution in [0.2, 0.25) is 0 Å². The minimum absolute atomic E-state index is 0.0448. The number of hydrogen-bond acceptors (Lipinski definition) is 4. The lowest BCUT2D eigenvalue weighted by Crippen LogP contribution is -2.55. The molecule has 7 heteroatoms. The molecule has 2 aliphatic rings. The molecule has 0 radical (unpaired) electrons. The van der Waals surface area contributed by atoms with Gasteiger partial charge in [-0.25, -0.2) is 4.79 Å². The molecule has 21 heavy (non-hydrogen) atoms. The molecule has 2 aliphatic heterocycles. The fraction of sp³-hybridized carbons (Fsp3) is 0.857. The van der Waals surface area contributed by atoms with Crippen LogP contribution in [0.3, 0.4) is 0 Å². The summed E-state index contributed by atoms with van der Waals surface area (Å²) < 4.78 is 0. The first-order valence-electron chi connectivity index (χ1n) is 7.58. The fourth-order valence-corrected chi connectivity index (χ4v) is 2.80. The summed E-state index contributed by atoms with van der Waals surface area (Å²) in [6.45, 7) is 6.31. The minimum atomic E-state index is -0.783. The number of likely N-dealkylation sites (tertiary alicyclic amines) is 1. The lowest BCUT2D eigenvalue weighted by Gasteiger charge is -2.41. The number of hydrogen-bond donors (Lipinski definition) is 2. The van der Waals surface area contributed by atoms with Crippen molar-refractivity contribution >= 4 is 12.0 Å². The third-order valence-electron chi connectivity index (χ3n) is 4.40. The van der Waals surface area contributed by atoms with Gasteiger partial charge in [0.25, 0.3) is 0 Å².